The number of aromatic nitrogens is 2. The Morgan fingerprint density at radius 1 is 1.02 bits per heavy atom. The summed E-state index contributed by atoms with van der Waals surface area (Å²) in [5.41, 5.74) is 6.55. The van der Waals surface area contributed by atoms with Crippen molar-refractivity contribution >= 4 is 23.5 Å². The Bertz CT molecular complexity index is 1340. The van der Waals surface area contributed by atoms with Crippen LogP contribution in [0.5, 0.6) is 0 Å². The lowest BCUT2D eigenvalue weighted by molar-refractivity contribution is -0.135. The van der Waals surface area contributed by atoms with Crippen LogP contribution in [0.3, 0.4) is 0 Å². The lowest BCUT2D eigenvalue weighted by Gasteiger charge is -2.36. The molecular formula is C33H44N6O4. The first-order chi connectivity index (χ1) is 20.5. The summed E-state index contributed by atoms with van der Waals surface area (Å²) in [6, 6.07) is 17.5. The van der Waals surface area contributed by atoms with Gasteiger partial charge in [0.2, 0.25) is 11.8 Å². The maximum atomic E-state index is 13.9. The molecule has 0 radical (unpaired) electrons. The van der Waals surface area contributed by atoms with E-state index in [1.165, 1.54) is 0 Å². The largest absolute Gasteiger partial charge is 0.374 e. The van der Waals surface area contributed by atoms with Crippen LogP contribution in [0.25, 0.3) is 0 Å². The molecule has 4 rings (SSSR count). The molecule has 3 aromatic rings. The number of hydrogen-bond donors (Lipinski definition) is 3. The summed E-state index contributed by atoms with van der Waals surface area (Å²) in [6.07, 6.45) is 5.16. The van der Waals surface area contributed by atoms with E-state index in [2.05, 4.69) is 29.5 Å². The molecule has 1 aliphatic rings. The lowest BCUT2D eigenvalue weighted by Crippen LogP contribution is -2.56. The van der Waals surface area contributed by atoms with Gasteiger partial charge in [0, 0.05) is 19.3 Å². The van der Waals surface area contributed by atoms with Gasteiger partial charge >= 0.3 is 0 Å². The van der Waals surface area contributed by atoms with E-state index < -0.39 is 29.4 Å². The third kappa shape index (κ3) is 8.75. The van der Waals surface area contributed by atoms with E-state index in [1.54, 1.807) is 30.9 Å². The monoisotopic (exact) mass is 588 g/mol. The zero-order valence-corrected chi connectivity index (χ0v) is 25.5. The Labute approximate surface area is 254 Å². The molecule has 10 heteroatoms. The fraction of sp³-hybridized carbons (Fsp3) is 0.455. The molecule has 4 N–H and O–H groups in total. The second-order valence-electron chi connectivity index (χ2n) is 12.2. The number of hydrogen-bond acceptors (Lipinski definition) is 6. The number of anilines is 1. The molecule has 2 aromatic carbocycles. The minimum Gasteiger partial charge on any atom is -0.374 e. The summed E-state index contributed by atoms with van der Waals surface area (Å²) in [6.45, 7) is 9.23. The number of nitrogens with one attached hydrogen (secondary N) is 2. The molecule has 1 aliphatic heterocycles. The van der Waals surface area contributed by atoms with E-state index in [-0.39, 0.29) is 24.9 Å². The van der Waals surface area contributed by atoms with Gasteiger partial charge in [0.05, 0.1) is 25.1 Å². The molecule has 0 aliphatic carbocycles. The van der Waals surface area contributed by atoms with E-state index in [0.29, 0.717) is 24.9 Å². The summed E-state index contributed by atoms with van der Waals surface area (Å²) in [5.74, 6) is 0.464. The average molecular weight is 589 g/mol. The van der Waals surface area contributed by atoms with E-state index in [0.717, 1.165) is 24.0 Å². The number of imidazole rings is 1. The summed E-state index contributed by atoms with van der Waals surface area (Å²) in [5, 5.41) is 5.47. The molecule has 3 amide bonds. The number of piperidine rings is 1. The third-order valence-corrected chi connectivity index (χ3v) is 7.90. The molecule has 0 saturated carbocycles. The van der Waals surface area contributed by atoms with Crippen molar-refractivity contribution in [3.05, 3.63) is 84.3 Å². The van der Waals surface area contributed by atoms with E-state index in [1.807, 2.05) is 65.6 Å². The number of nitrogens with two attached hydrogens (primary N) is 1. The quantitative estimate of drug-likeness (QED) is 0.295. The first-order valence-electron chi connectivity index (χ1n) is 14.9. The fourth-order valence-corrected chi connectivity index (χ4v) is 5.19. The van der Waals surface area contributed by atoms with Crippen LogP contribution >= 0.6 is 0 Å². The summed E-state index contributed by atoms with van der Waals surface area (Å²) in [7, 11) is 0. The van der Waals surface area contributed by atoms with Crippen molar-refractivity contribution in [1.29, 1.82) is 0 Å². The second kappa shape index (κ2) is 14.4. The Kier molecular flexibility index (Phi) is 10.7. The molecule has 230 valence electrons. The highest BCUT2D eigenvalue weighted by molar-refractivity contribution is 5.98. The van der Waals surface area contributed by atoms with Gasteiger partial charge in [0.25, 0.3) is 5.91 Å². The zero-order chi connectivity index (χ0) is 31.0. The number of ether oxygens (including phenoxy) is 1. The van der Waals surface area contributed by atoms with Crippen LogP contribution < -0.4 is 16.4 Å². The predicted octanol–water partition coefficient (Wildman–Crippen LogP) is 3.74. The minimum atomic E-state index is -1.19. The fourth-order valence-electron chi connectivity index (χ4n) is 5.19. The van der Waals surface area contributed by atoms with Crippen molar-refractivity contribution in [2.24, 2.45) is 17.6 Å². The van der Waals surface area contributed by atoms with Crippen LogP contribution in [0, 0.1) is 11.8 Å². The lowest BCUT2D eigenvalue weighted by atomic mass is 9.86. The van der Waals surface area contributed by atoms with Crippen molar-refractivity contribution in [3.8, 4) is 0 Å². The SMILES string of the molecule is CC(C)C1CCN(C(=O)C(c2ccccc2)n2cnc(NC(=O)[C@@H](COCc3ccccc3)NC(=O)C(C)(C)N)c2)CC1. The highest BCUT2D eigenvalue weighted by Gasteiger charge is 2.32. The summed E-state index contributed by atoms with van der Waals surface area (Å²) >= 11 is 0. The second-order valence-corrected chi connectivity index (χ2v) is 12.2. The van der Waals surface area contributed by atoms with Crippen LogP contribution in [-0.2, 0) is 25.7 Å². The standard InChI is InChI=1S/C33H44N6O4/c1-23(2)25-15-17-38(18-16-25)31(41)29(26-13-9-6-10-14-26)39-19-28(35-22-39)37-30(40)27(36-32(42)33(3,4)34)21-43-20-24-11-7-5-8-12-24/h5-14,19,22-23,25,27,29H,15-18,20-21,34H2,1-4H3,(H,36,42)(H,37,40)/t27-,29?/m1/s1. The number of carbonyl (C=O) groups excluding carboxylic acids is 3. The van der Waals surface area contributed by atoms with Crippen LogP contribution in [0.15, 0.2) is 73.2 Å². The first kappa shape index (κ1) is 31.9. The normalized spacial score (nSPS) is 15.6. The van der Waals surface area contributed by atoms with E-state index in [9.17, 15) is 14.4 Å². The van der Waals surface area contributed by atoms with Gasteiger partial charge in [-0.3, -0.25) is 14.4 Å². The first-order valence-corrected chi connectivity index (χ1v) is 14.9. The van der Waals surface area contributed by atoms with Crippen LogP contribution in [0.4, 0.5) is 5.82 Å². The Balaban J connectivity index is 1.48. The molecule has 2 heterocycles. The highest BCUT2D eigenvalue weighted by atomic mass is 16.5. The third-order valence-electron chi connectivity index (χ3n) is 7.90. The van der Waals surface area contributed by atoms with Gasteiger partial charge in [-0.2, -0.15) is 0 Å². The Hall–Kier alpha value is -4.02. The van der Waals surface area contributed by atoms with Crippen molar-refractivity contribution < 1.29 is 19.1 Å². The minimum absolute atomic E-state index is 0.00619. The van der Waals surface area contributed by atoms with Crippen LogP contribution in [-0.4, -0.2) is 63.4 Å². The van der Waals surface area contributed by atoms with Crippen molar-refractivity contribution in [3.63, 3.8) is 0 Å². The predicted molar refractivity (Wildman–Crippen MR) is 166 cm³/mol. The topological polar surface area (TPSA) is 132 Å². The van der Waals surface area contributed by atoms with E-state index in [4.69, 9.17) is 10.5 Å². The van der Waals surface area contributed by atoms with Gasteiger partial charge in [-0.25, -0.2) is 4.98 Å². The smallest absolute Gasteiger partial charge is 0.250 e. The number of likely N-dealkylation sites (tertiary alicyclic amines) is 1. The molecule has 10 nitrogen and oxygen atoms in total. The molecular weight excluding hydrogens is 544 g/mol. The van der Waals surface area contributed by atoms with Gasteiger partial charge in [0.1, 0.15) is 12.1 Å². The maximum absolute atomic E-state index is 13.9. The summed E-state index contributed by atoms with van der Waals surface area (Å²) in [4.78, 5) is 46.2. The average Bonchev–Trinajstić information content (AvgIpc) is 3.44. The van der Waals surface area contributed by atoms with Gasteiger partial charge in [0.15, 0.2) is 5.82 Å². The molecule has 1 saturated heterocycles. The van der Waals surface area contributed by atoms with Gasteiger partial charge in [-0.05, 0) is 49.7 Å². The van der Waals surface area contributed by atoms with Gasteiger partial charge < -0.3 is 30.6 Å². The van der Waals surface area contributed by atoms with Crippen LogP contribution in [0.2, 0.25) is 0 Å². The number of amides is 3. The van der Waals surface area contributed by atoms with Crippen LogP contribution in [0.1, 0.15) is 57.7 Å². The van der Waals surface area contributed by atoms with Crippen molar-refractivity contribution in [1.82, 2.24) is 19.8 Å². The number of rotatable bonds is 12. The van der Waals surface area contributed by atoms with Crippen molar-refractivity contribution in [2.75, 3.05) is 25.0 Å². The Morgan fingerprint density at radius 2 is 1.65 bits per heavy atom. The van der Waals surface area contributed by atoms with Gasteiger partial charge in [-0.1, -0.05) is 74.5 Å². The Morgan fingerprint density at radius 3 is 2.26 bits per heavy atom. The number of benzene rings is 2. The summed E-state index contributed by atoms with van der Waals surface area (Å²) < 4.78 is 7.51. The maximum Gasteiger partial charge on any atom is 0.250 e. The van der Waals surface area contributed by atoms with Crippen molar-refractivity contribution in [2.45, 2.75) is 64.8 Å². The number of nitrogens with zero attached hydrogens (tertiary/aromatic N) is 3. The zero-order valence-electron chi connectivity index (χ0n) is 25.5. The van der Waals surface area contributed by atoms with Gasteiger partial charge in [-0.15, -0.1) is 0 Å². The molecule has 43 heavy (non-hydrogen) atoms. The molecule has 2 atom stereocenters. The van der Waals surface area contributed by atoms with E-state index >= 15 is 0 Å². The highest BCUT2D eigenvalue weighted by Crippen LogP contribution is 2.28. The molecule has 1 aromatic heterocycles. The molecule has 0 bridgehead atoms. The molecule has 1 fully saturated rings. The molecule has 0 spiro atoms. The number of carbonyl (C=O) groups is 3. The molecule has 1 unspecified atom stereocenters.